The number of nitrogens with one attached hydrogen (secondary N) is 1. The summed E-state index contributed by atoms with van der Waals surface area (Å²) in [5.41, 5.74) is 10.2. The molecule has 0 aliphatic heterocycles. The Morgan fingerprint density at radius 3 is 2.36 bits per heavy atom. The van der Waals surface area contributed by atoms with Gasteiger partial charge in [0.15, 0.2) is 5.65 Å². The van der Waals surface area contributed by atoms with Crippen LogP contribution in [0.3, 0.4) is 0 Å². The Morgan fingerprint density at radius 1 is 1.00 bits per heavy atom. The first-order valence-corrected chi connectivity index (χ1v) is 7.74. The molecule has 0 saturated heterocycles. The summed E-state index contributed by atoms with van der Waals surface area (Å²) in [6.45, 7) is 0. The van der Waals surface area contributed by atoms with Gasteiger partial charge >= 0.3 is 0 Å². The molecule has 6 heteroatoms. The lowest BCUT2D eigenvalue weighted by Gasteiger charge is -2.09. The second-order valence-electron chi connectivity index (χ2n) is 5.67. The van der Waals surface area contributed by atoms with Crippen LogP contribution in [0, 0.1) is 0 Å². The zero-order chi connectivity index (χ0) is 17.4. The minimum absolute atomic E-state index is 0.212. The molecule has 0 radical (unpaired) electrons. The zero-order valence-electron chi connectivity index (χ0n) is 13.5. The first kappa shape index (κ1) is 15.0. The van der Waals surface area contributed by atoms with Gasteiger partial charge in [0, 0.05) is 5.56 Å². The van der Waals surface area contributed by atoms with Crippen LogP contribution in [0.1, 0.15) is 0 Å². The number of aromatic amines is 1. The van der Waals surface area contributed by atoms with Gasteiger partial charge in [0.25, 0.3) is 0 Å². The van der Waals surface area contributed by atoms with Gasteiger partial charge in [-0.25, -0.2) is 4.98 Å². The van der Waals surface area contributed by atoms with Crippen molar-refractivity contribution in [1.29, 1.82) is 0 Å². The summed E-state index contributed by atoms with van der Waals surface area (Å²) in [4.78, 5) is 4.59. The molecule has 124 valence electrons. The molecule has 0 fully saturated rings. The monoisotopic (exact) mass is 332 g/mol. The van der Waals surface area contributed by atoms with Crippen LogP contribution >= 0.6 is 0 Å². The lowest BCUT2D eigenvalue weighted by atomic mass is 10.00. The molecule has 0 saturated carbocycles. The van der Waals surface area contributed by atoms with Crippen molar-refractivity contribution in [3.8, 4) is 33.9 Å². The minimum Gasteiger partial charge on any atom is -0.508 e. The van der Waals surface area contributed by atoms with Crippen molar-refractivity contribution in [3.63, 3.8) is 0 Å². The third kappa shape index (κ3) is 2.63. The van der Waals surface area contributed by atoms with Gasteiger partial charge in [0.05, 0.1) is 18.2 Å². The van der Waals surface area contributed by atoms with E-state index >= 15 is 0 Å². The third-order valence-electron chi connectivity index (χ3n) is 4.12. The highest BCUT2D eigenvalue weighted by Gasteiger charge is 2.14. The maximum absolute atomic E-state index is 9.49. The van der Waals surface area contributed by atoms with Crippen LogP contribution in [0.5, 0.6) is 11.5 Å². The van der Waals surface area contributed by atoms with Crippen molar-refractivity contribution in [2.24, 2.45) is 0 Å². The van der Waals surface area contributed by atoms with E-state index in [1.807, 2.05) is 42.5 Å². The Bertz CT molecular complexity index is 1040. The van der Waals surface area contributed by atoms with Crippen LogP contribution in [0.2, 0.25) is 0 Å². The van der Waals surface area contributed by atoms with E-state index in [1.165, 1.54) is 0 Å². The number of phenols is 1. The van der Waals surface area contributed by atoms with Gasteiger partial charge in [-0.05, 0) is 53.6 Å². The van der Waals surface area contributed by atoms with E-state index in [4.69, 9.17) is 10.5 Å². The molecule has 4 rings (SSSR count). The van der Waals surface area contributed by atoms with Crippen LogP contribution < -0.4 is 10.5 Å². The highest BCUT2D eigenvalue weighted by molar-refractivity contribution is 6.01. The number of phenolic OH excluding ortho intramolecular Hbond substituents is 1. The van der Waals surface area contributed by atoms with Crippen LogP contribution in [0.25, 0.3) is 33.4 Å². The normalized spacial score (nSPS) is 10.9. The molecule has 2 heterocycles. The Balaban J connectivity index is 1.94. The summed E-state index contributed by atoms with van der Waals surface area (Å²) in [7, 11) is 1.64. The summed E-state index contributed by atoms with van der Waals surface area (Å²) < 4.78 is 5.23. The maximum Gasteiger partial charge on any atom is 0.184 e. The second-order valence-corrected chi connectivity index (χ2v) is 5.67. The minimum atomic E-state index is 0.212. The number of fused-ring (bicyclic) bond motifs is 1. The van der Waals surface area contributed by atoms with Crippen molar-refractivity contribution in [2.45, 2.75) is 0 Å². The van der Waals surface area contributed by atoms with E-state index in [0.29, 0.717) is 11.5 Å². The van der Waals surface area contributed by atoms with Crippen molar-refractivity contribution >= 4 is 16.9 Å². The van der Waals surface area contributed by atoms with E-state index < -0.39 is 0 Å². The fourth-order valence-electron chi connectivity index (χ4n) is 2.83. The molecule has 0 unspecified atom stereocenters. The topological polar surface area (TPSA) is 97.0 Å². The number of nitrogens with zero attached hydrogens (tertiary/aromatic N) is 2. The Labute approximate surface area is 143 Å². The molecule has 0 spiro atoms. The van der Waals surface area contributed by atoms with Gasteiger partial charge in [0.2, 0.25) is 0 Å². The number of nitrogens with two attached hydrogens (primary N) is 1. The largest absolute Gasteiger partial charge is 0.508 e. The van der Waals surface area contributed by atoms with Crippen LogP contribution in [-0.2, 0) is 0 Å². The van der Waals surface area contributed by atoms with E-state index in [2.05, 4.69) is 15.2 Å². The molecule has 4 aromatic rings. The molecular weight excluding hydrogens is 316 g/mol. The smallest absolute Gasteiger partial charge is 0.184 e. The summed E-state index contributed by atoms with van der Waals surface area (Å²) in [6.07, 6.45) is 0. The fraction of sp³-hybridized carbons (Fsp3) is 0.0526. The number of H-pyrrole nitrogens is 1. The van der Waals surface area contributed by atoms with Crippen LogP contribution in [0.4, 0.5) is 5.82 Å². The molecule has 0 bridgehead atoms. The second kappa shape index (κ2) is 5.83. The Morgan fingerprint density at radius 2 is 1.68 bits per heavy atom. The molecule has 2 aromatic carbocycles. The number of aromatic nitrogens is 3. The molecule has 0 amide bonds. The zero-order valence-corrected chi connectivity index (χ0v) is 13.5. The number of aromatic hydroxyl groups is 1. The number of hydrogen-bond donors (Lipinski definition) is 3. The lowest BCUT2D eigenvalue weighted by Crippen LogP contribution is -1.91. The first-order valence-electron chi connectivity index (χ1n) is 7.74. The van der Waals surface area contributed by atoms with E-state index in [-0.39, 0.29) is 5.75 Å². The number of benzene rings is 2. The number of hydrogen-bond acceptors (Lipinski definition) is 5. The van der Waals surface area contributed by atoms with Crippen LogP contribution in [-0.4, -0.2) is 27.4 Å². The van der Waals surface area contributed by atoms with Crippen molar-refractivity contribution in [1.82, 2.24) is 15.2 Å². The summed E-state index contributed by atoms with van der Waals surface area (Å²) in [6, 6.07) is 16.6. The first-order chi connectivity index (χ1) is 12.2. The molecule has 6 nitrogen and oxygen atoms in total. The average Bonchev–Trinajstić information content (AvgIpc) is 3.03. The van der Waals surface area contributed by atoms with Crippen molar-refractivity contribution in [2.75, 3.05) is 12.8 Å². The molecule has 0 atom stereocenters. The van der Waals surface area contributed by atoms with Gasteiger partial charge in [-0.15, -0.1) is 0 Å². The number of ether oxygens (including phenoxy) is 1. The number of nitrogen functional groups attached to an aromatic ring is 1. The summed E-state index contributed by atoms with van der Waals surface area (Å²) >= 11 is 0. The quantitative estimate of drug-likeness (QED) is 0.533. The van der Waals surface area contributed by atoms with Crippen LogP contribution in [0.15, 0.2) is 54.6 Å². The van der Waals surface area contributed by atoms with Gasteiger partial charge in [-0.3, -0.25) is 5.10 Å². The van der Waals surface area contributed by atoms with Crippen molar-refractivity contribution < 1.29 is 9.84 Å². The highest BCUT2D eigenvalue weighted by atomic mass is 16.5. The third-order valence-corrected chi connectivity index (χ3v) is 4.12. The summed E-state index contributed by atoms with van der Waals surface area (Å²) in [5.74, 6) is 1.47. The molecular formula is C19H16N4O2. The van der Waals surface area contributed by atoms with E-state index in [1.54, 1.807) is 19.2 Å². The van der Waals surface area contributed by atoms with Gasteiger partial charge in [-0.1, -0.05) is 12.1 Å². The van der Waals surface area contributed by atoms with Crippen molar-refractivity contribution in [3.05, 3.63) is 54.6 Å². The number of rotatable bonds is 3. The fourth-order valence-corrected chi connectivity index (χ4v) is 2.83. The number of pyridine rings is 1. The maximum atomic E-state index is 9.49. The SMILES string of the molecule is COc1ccc(-c2cc(-c3ccc(O)cc3)nc3n[nH]c(N)c23)cc1. The van der Waals surface area contributed by atoms with Gasteiger partial charge < -0.3 is 15.6 Å². The highest BCUT2D eigenvalue weighted by Crippen LogP contribution is 2.35. The van der Waals surface area contributed by atoms with E-state index in [0.717, 1.165) is 33.5 Å². The predicted octanol–water partition coefficient (Wildman–Crippen LogP) is 3.59. The summed E-state index contributed by atoms with van der Waals surface area (Å²) in [5, 5.41) is 17.3. The Hall–Kier alpha value is -3.54. The number of anilines is 1. The Kier molecular flexibility index (Phi) is 3.50. The molecule has 2 aromatic heterocycles. The molecule has 4 N–H and O–H groups in total. The van der Waals surface area contributed by atoms with E-state index in [9.17, 15) is 5.11 Å². The predicted molar refractivity (Wildman–Crippen MR) is 97.4 cm³/mol. The number of methoxy groups -OCH3 is 1. The average molecular weight is 332 g/mol. The van der Waals surface area contributed by atoms with Gasteiger partial charge in [-0.2, -0.15) is 5.10 Å². The lowest BCUT2D eigenvalue weighted by molar-refractivity contribution is 0.415. The molecule has 25 heavy (non-hydrogen) atoms. The molecule has 0 aliphatic carbocycles. The standard InChI is InChI=1S/C19H16N4O2/c1-25-14-8-4-11(5-9-14)15-10-16(12-2-6-13(24)7-3-12)21-19-17(15)18(20)22-23-19/h2-10,24H,1H3,(H3,20,21,22,23). The van der Waals surface area contributed by atoms with Gasteiger partial charge in [0.1, 0.15) is 17.3 Å². The molecule has 0 aliphatic rings.